The van der Waals surface area contributed by atoms with Crippen molar-refractivity contribution in [2.75, 3.05) is 19.0 Å². The molecule has 0 radical (unpaired) electrons. The number of hydrogen-bond acceptors (Lipinski definition) is 4. The van der Waals surface area contributed by atoms with E-state index in [2.05, 4.69) is 14.9 Å². The van der Waals surface area contributed by atoms with Gasteiger partial charge in [-0.3, -0.25) is 4.79 Å². The number of aromatic nitrogens is 3. The lowest BCUT2D eigenvalue weighted by atomic mass is 9.88. The first-order valence-corrected chi connectivity index (χ1v) is 10.6. The summed E-state index contributed by atoms with van der Waals surface area (Å²) in [7, 11) is 3.94. The number of nitrogens with zero attached hydrogens (tertiary/aromatic N) is 4. The summed E-state index contributed by atoms with van der Waals surface area (Å²) in [4.78, 5) is 23.8. The highest BCUT2D eigenvalue weighted by Crippen LogP contribution is 2.34. The average Bonchev–Trinajstić information content (AvgIpc) is 3.16. The molecule has 1 amide bonds. The number of carbonyl (C=O) groups excluding carboxylic acids is 1. The van der Waals surface area contributed by atoms with E-state index < -0.39 is 0 Å². The minimum atomic E-state index is 0.0403. The molecule has 1 atom stereocenters. The van der Waals surface area contributed by atoms with Crippen molar-refractivity contribution in [2.24, 2.45) is 5.92 Å². The van der Waals surface area contributed by atoms with Gasteiger partial charge in [-0.25, -0.2) is 9.97 Å². The Hall–Kier alpha value is -2.37. The Morgan fingerprint density at radius 2 is 2.04 bits per heavy atom. The smallest absolute Gasteiger partial charge is 0.223 e. The van der Waals surface area contributed by atoms with Gasteiger partial charge < -0.3 is 14.8 Å². The van der Waals surface area contributed by atoms with Crippen molar-refractivity contribution in [3.63, 3.8) is 0 Å². The Morgan fingerprint density at radius 1 is 1.21 bits per heavy atom. The normalized spacial score (nSPS) is 19.9. The number of pyridine rings is 1. The molecule has 28 heavy (non-hydrogen) atoms. The molecule has 0 unspecified atom stereocenters. The topological polar surface area (TPSA) is 63.1 Å². The molecule has 0 saturated heterocycles. The van der Waals surface area contributed by atoms with Crippen LogP contribution in [-0.2, 0) is 24.3 Å². The van der Waals surface area contributed by atoms with Gasteiger partial charge in [0.25, 0.3) is 0 Å². The number of nitrogens with one attached hydrogen (secondary N) is 1. The van der Waals surface area contributed by atoms with E-state index in [9.17, 15) is 4.79 Å². The van der Waals surface area contributed by atoms with E-state index >= 15 is 0 Å². The van der Waals surface area contributed by atoms with E-state index in [0.717, 1.165) is 30.8 Å². The third-order valence-corrected chi connectivity index (χ3v) is 6.20. The van der Waals surface area contributed by atoms with Gasteiger partial charge >= 0.3 is 0 Å². The van der Waals surface area contributed by atoms with Crippen LogP contribution in [0.5, 0.6) is 0 Å². The van der Waals surface area contributed by atoms with Crippen LogP contribution in [0.3, 0.4) is 0 Å². The van der Waals surface area contributed by atoms with Gasteiger partial charge in [0.05, 0.1) is 0 Å². The molecule has 1 N–H and O–H groups in total. The van der Waals surface area contributed by atoms with Crippen LogP contribution in [0.15, 0.2) is 24.5 Å². The molecule has 6 nitrogen and oxygen atoms in total. The first kappa shape index (κ1) is 19.0. The van der Waals surface area contributed by atoms with Crippen molar-refractivity contribution in [1.82, 2.24) is 19.9 Å². The molecule has 0 spiro atoms. The third kappa shape index (κ3) is 4.05. The lowest BCUT2D eigenvalue weighted by molar-refractivity contribution is -0.125. The Balaban J connectivity index is 1.36. The molecular weight excluding hydrogens is 350 g/mol. The molecule has 1 aliphatic carbocycles. The van der Waals surface area contributed by atoms with Crippen LogP contribution >= 0.6 is 0 Å². The fraction of sp³-hybridized carbons (Fsp3) is 0.591. The average molecular weight is 382 g/mol. The fourth-order valence-electron chi connectivity index (χ4n) is 4.55. The van der Waals surface area contributed by atoms with Crippen LogP contribution in [-0.4, -0.2) is 34.5 Å². The van der Waals surface area contributed by atoms with E-state index in [1.807, 2.05) is 37.3 Å². The first-order chi connectivity index (χ1) is 13.6. The maximum atomic E-state index is 12.7. The largest absolute Gasteiger partial charge is 0.363 e. The second kappa shape index (κ2) is 8.33. The zero-order valence-electron chi connectivity index (χ0n) is 17.0. The molecule has 1 saturated carbocycles. The molecular formula is C22H31N5O. The molecule has 4 rings (SSSR count). The second-order valence-electron chi connectivity index (χ2n) is 8.42. The van der Waals surface area contributed by atoms with Gasteiger partial charge in [-0.05, 0) is 37.0 Å². The monoisotopic (exact) mass is 381 g/mol. The molecule has 1 aliphatic heterocycles. The lowest BCUT2D eigenvalue weighted by Crippen LogP contribution is -2.35. The molecule has 2 aromatic rings. The third-order valence-electron chi connectivity index (χ3n) is 6.20. The number of rotatable bonds is 5. The molecule has 0 bridgehead atoms. The predicted molar refractivity (Wildman–Crippen MR) is 110 cm³/mol. The van der Waals surface area contributed by atoms with Crippen LogP contribution in [0.4, 0.5) is 5.82 Å². The summed E-state index contributed by atoms with van der Waals surface area (Å²) in [6.07, 6.45) is 12.0. The summed E-state index contributed by atoms with van der Waals surface area (Å²) < 4.78 is 2.39. The van der Waals surface area contributed by atoms with Crippen molar-refractivity contribution in [3.8, 4) is 0 Å². The SMILES string of the molecule is CN(C)c1cc(CNC(=O)[C@H]2CCn3c(cnc3C3CCCCC3)C2)ccn1. The Bertz CT molecular complexity index is 822. The van der Waals surface area contributed by atoms with Crippen LogP contribution in [0.1, 0.15) is 61.5 Å². The van der Waals surface area contributed by atoms with Crippen LogP contribution in [0.2, 0.25) is 0 Å². The summed E-state index contributed by atoms with van der Waals surface area (Å²) in [5, 5.41) is 3.12. The highest BCUT2D eigenvalue weighted by atomic mass is 16.1. The van der Waals surface area contributed by atoms with Crippen molar-refractivity contribution in [3.05, 3.63) is 41.6 Å². The molecule has 6 heteroatoms. The summed E-state index contributed by atoms with van der Waals surface area (Å²) in [6.45, 7) is 1.46. The van der Waals surface area contributed by atoms with Gasteiger partial charge in [-0.2, -0.15) is 0 Å². The van der Waals surface area contributed by atoms with Crippen LogP contribution < -0.4 is 10.2 Å². The van der Waals surface area contributed by atoms with Crippen LogP contribution in [0.25, 0.3) is 0 Å². The summed E-state index contributed by atoms with van der Waals surface area (Å²) in [5.74, 6) is 2.98. The van der Waals surface area contributed by atoms with E-state index in [4.69, 9.17) is 4.98 Å². The summed E-state index contributed by atoms with van der Waals surface area (Å²) in [6, 6.07) is 3.98. The predicted octanol–water partition coefficient (Wildman–Crippen LogP) is 3.27. The first-order valence-electron chi connectivity index (χ1n) is 10.6. The number of anilines is 1. The number of fused-ring (bicyclic) bond motifs is 1. The van der Waals surface area contributed by atoms with Crippen molar-refractivity contribution in [2.45, 2.75) is 64.0 Å². The number of hydrogen-bond donors (Lipinski definition) is 1. The highest BCUT2D eigenvalue weighted by Gasteiger charge is 2.29. The van der Waals surface area contributed by atoms with E-state index in [-0.39, 0.29) is 11.8 Å². The lowest BCUT2D eigenvalue weighted by Gasteiger charge is -2.27. The van der Waals surface area contributed by atoms with E-state index in [1.54, 1.807) is 6.20 Å². The number of amides is 1. The standard InChI is InChI=1S/C22H31N5O/c1-26(2)20-12-16(8-10-23-20)14-25-22(28)18-9-11-27-19(13-18)15-24-21(27)17-6-4-3-5-7-17/h8,10,12,15,17-18H,3-7,9,11,13-14H2,1-2H3,(H,25,28)/t18-/m0/s1. The quantitative estimate of drug-likeness (QED) is 0.863. The van der Waals surface area contributed by atoms with Crippen molar-refractivity contribution >= 4 is 11.7 Å². The fourth-order valence-corrected chi connectivity index (χ4v) is 4.55. The van der Waals surface area contributed by atoms with E-state index in [0.29, 0.717) is 12.5 Å². The summed E-state index contributed by atoms with van der Waals surface area (Å²) >= 11 is 0. The van der Waals surface area contributed by atoms with Crippen LogP contribution in [0, 0.1) is 5.92 Å². The molecule has 1 fully saturated rings. The molecule has 2 aliphatic rings. The van der Waals surface area contributed by atoms with E-state index in [1.165, 1.54) is 43.6 Å². The number of imidazole rings is 1. The maximum absolute atomic E-state index is 12.7. The Kier molecular flexibility index (Phi) is 5.64. The van der Waals surface area contributed by atoms with Gasteiger partial charge in [-0.15, -0.1) is 0 Å². The van der Waals surface area contributed by atoms with Gasteiger partial charge in [0.15, 0.2) is 0 Å². The van der Waals surface area contributed by atoms with Gasteiger partial charge in [0.2, 0.25) is 5.91 Å². The maximum Gasteiger partial charge on any atom is 0.223 e. The van der Waals surface area contributed by atoms with Gasteiger partial charge in [0, 0.05) is 63.5 Å². The molecule has 0 aromatic carbocycles. The minimum Gasteiger partial charge on any atom is -0.363 e. The number of carbonyl (C=O) groups is 1. The second-order valence-corrected chi connectivity index (χ2v) is 8.42. The molecule has 150 valence electrons. The molecule has 2 aromatic heterocycles. The highest BCUT2D eigenvalue weighted by molar-refractivity contribution is 5.79. The van der Waals surface area contributed by atoms with Crippen molar-refractivity contribution < 1.29 is 4.79 Å². The zero-order chi connectivity index (χ0) is 19.5. The Labute approximate surface area is 167 Å². The van der Waals surface area contributed by atoms with Gasteiger partial charge in [-0.1, -0.05) is 19.3 Å². The van der Waals surface area contributed by atoms with Gasteiger partial charge in [0.1, 0.15) is 11.6 Å². The van der Waals surface area contributed by atoms with Crippen molar-refractivity contribution in [1.29, 1.82) is 0 Å². The Morgan fingerprint density at radius 3 is 2.82 bits per heavy atom. The minimum absolute atomic E-state index is 0.0403. The zero-order valence-corrected chi connectivity index (χ0v) is 17.0. The molecule has 3 heterocycles. The summed E-state index contributed by atoms with van der Waals surface area (Å²) in [5.41, 5.74) is 2.30.